The average Bonchev–Trinajstić information content (AvgIpc) is 2.92. The average molecular weight is 304 g/mol. The first-order valence-corrected chi connectivity index (χ1v) is 6.90. The van der Waals surface area contributed by atoms with Crippen LogP contribution in [0.3, 0.4) is 0 Å². The summed E-state index contributed by atoms with van der Waals surface area (Å²) in [5, 5.41) is 9.59. The molecule has 2 aromatic rings. The van der Waals surface area contributed by atoms with E-state index in [1.165, 1.54) is 24.5 Å². The lowest BCUT2D eigenvalue weighted by Crippen LogP contribution is -2.02. The second-order valence-electron chi connectivity index (χ2n) is 3.84. The Morgan fingerprint density at radius 2 is 2.10 bits per heavy atom. The number of thiophene rings is 1. The second-order valence-corrected chi connectivity index (χ2v) is 5.37. The van der Waals surface area contributed by atoms with Crippen molar-refractivity contribution >= 4 is 35.0 Å². The van der Waals surface area contributed by atoms with Gasteiger partial charge in [0, 0.05) is 20.3 Å². The van der Waals surface area contributed by atoms with E-state index in [-0.39, 0.29) is 5.57 Å². The monoisotopic (exact) mass is 303 g/mol. The highest BCUT2D eigenvalue weighted by atomic mass is 35.5. The molecule has 0 aliphatic rings. The lowest BCUT2D eigenvalue weighted by Gasteiger charge is -1.99. The van der Waals surface area contributed by atoms with E-state index in [1.54, 1.807) is 0 Å². The van der Waals surface area contributed by atoms with Crippen molar-refractivity contribution in [3.63, 3.8) is 0 Å². The maximum Gasteiger partial charge on any atom is 0.348 e. The van der Waals surface area contributed by atoms with Crippen molar-refractivity contribution in [3.8, 4) is 16.5 Å². The van der Waals surface area contributed by atoms with E-state index >= 15 is 0 Å². The van der Waals surface area contributed by atoms with Gasteiger partial charge in [0.1, 0.15) is 11.6 Å². The Hall–Kier alpha value is -2.09. The van der Waals surface area contributed by atoms with E-state index in [1.807, 2.05) is 42.5 Å². The van der Waals surface area contributed by atoms with Gasteiger partial charge in [0.2, 0.25) is 0 Å². The van der Waals surface area contributed by atoms with Crippen LogP contribution >= 0.6 is 22.9 Å². The maximum atomic E-state index is 11.3. The number of nitriles is 1. The number of rotatable bonds is 3. The predicted molar refractivity (Wildman–Crippen MR) is 80.4 cm³/mol. The maximum absolute atomic E-state index is 11.3. The number of halogens is 1. The molecule has 0 aliphatic heterocycles. The lowest BCUT2D eigenvalue weighted by molar-refractivity contribution is -0.135. The zero-order chi connectivity index (χ0) is 14.5. The highest BCUT2D eigenvalue weighted by Gasteiger charge is 2.10. The molecular weight excluding hydrogens is 294 g/mol. The Labute approximate surface area is 125 Å². The Kier molecular flexibility index (Phi) is 4.57. The molecule has 1 heterocycles. The predicted octanol–water partition coefficient (Wildman–Crippen LogP) is 4.15. The quantitative estimate of drug-likeness (QED) is 0.486. The third kappa shape index (κ3) is 3.08. The van der Waals surface area contributed by atoms with E-state index in [4.69, 9.17) is 16.9 Å². The summed E-state index contributed by atoms with van der Waals surface area (Å²) in [4.78, 5) is 13.1. The first kappa shape index (κ1) is 14.3. The van der Waals surface area contributed by atoms with Gasteiger partial charge in [-0.3, -0.25) is 0 Å². The van der Waals surface area contributed by atoms with Gasteiger partial charge in [-0.2, -0.15) is 5.26 Å². The van der Waals surface area contributed by atoms with Gasteiger partial charge in [-0.25, -0.2) is 4.79 Å². The summed E-state index contributed by atoms with van der Waals surface area (Å²) in [5.41, 5.74) is 0.899. The van der Waals surface area contributed by atoms with Gasteiger partial charge in [-0.1, -0.05) is 29.8 Å². The third-order valence-corrected chi connectivity index (χ3v) is 3.97. The van der Waals surface area contributed by atoms with Gasteiger partial charge >= 0.3 is 5.97 Å². The van der Waals surface area contributed by atoms with Crippen molar-refractivity contribution in [1.82, 2.24) is 0 Å². The minimum Gasteiger partial charge on any atom is -0.465 e. The van der Waals surface area contributed by atoms with Crippen molar-refractivity contribution in [3.05, 3.63) is 51.9 Å². The van der Waals surface area contributed by atoms with Gasteiger partial charge in [-0.05, 0) is 24.3 Å². The SMILES string of the molecule is COC(=O)/C(C#N)=C/c1ccc(-c2ccccc2Cl)s1. The van der Waals surface area contributed by atoms with E-state index in [9.17, 15) is 4.79 Å². The summed E-state index contributed by atoms with van der Waals surface area (Å²) < 4.78 is 4.54. The summed E-state index contributed by atoms with van der Waals surface area (Å²) in [7, 11) is 1.25. The van der Waals surface area contributed by atoms with Gasteiger partial charge in [0.15, 0.2) is 0 Å². The van der Waals surface area contributed by atoms with Gasteiger partial charge in [-0.15, -0.1) is 11.3 Å². The largest absolute Gasteiger partial charge is 0.465 e. The molecule has 3 nitrogen and oxygen atoms in total. The summed E-state index contributed by atoms with van der Waals surface area (Å²) in [6.45, 7) is 0. The smallest absolute Gasteiger partial charge is 0.348 e. The molecule has 0 saturated heterocycles. The molecule has 0 saturated carbocycles. The minimum atomic E-state index is -0.639. The molecule has 0 aliphatic carbocycles. The number of esters is 1. The molecule has 0 N–H and O–H groups in total. The van der Waals surface area contributed by atoms with Crippen molar-refractivity contribution in [2.75, 3.05) is 7.11 Å². The Bertz CT molecular complexity index is 713. The van der Waals surface area contributed by atoms with Gasteiger partial charge in [0.05, 0.1) is 7.11 Å². The number of hydrogen-bond donors (Lipinski definition) is 0. The Balaban J connectivity index is 2.35. The van der Waals surface area contributed by atoms with Crippen LogP contribution in [0, 0.1) is 11.3 Å². The summed E-state index contributed by atoms with van der Waals surface area (Å²) in [5.74, 6) is -0.639. The van der Waals surface area contributed by atoms with Crippen molar-refractivity contribution < 1.29 is 9.53 Å². The Morgan fingerprint density at radius 3 is 2.75 bits per heavy atom. The number of benzene rings is 1. The van der Waals surface area contributed by atoms with Crippen LogP contribution in [0.1, 0.15) is 4.88 Å². The van der Waals surface area contributed by atoms with Gasteiger partial charge in [0.25, 0.3) is 0 Å². The second kappa shape index (κ2) is 6.38. The van der Waals surface area contributed by atoms with Crippen LogP contribution in [-0.2, 0) is 9.53 Å². The van der Waals surface area contributed by atoms with E-state index < -0.39 is 5.97 Å². The molecule has 1 aromatic carbocycles. The molecule has 0 spiro atoms. The molecule has 0 radical (unpaired) electrons. The fourth-order valence-corrected chi connectivity index (χ4v) is 2.91. The number of hydrogen-bond acceptors (Lipinski definition) is 4. The molecule has 0 bridgehead atoms. The zero-order valence-corrected chi connectivity index (χ0v) is 12.2. The number of methoxy groups -OCH3 is 1. The van der Waals surface area contributed by atoms with Crippen molar-refractivity contribution in [2.45, 2.75) is 0 Å². The standard InChI is InChI=1S/C15H10ClNO2S/c1-19-15(18)10(9-17)8-11-6-7-14(20-11)12-4-2-3-5-13(12)16/h2-8H,1H3/b10-8+. The zero-order valence-electron chi connectivity index (χ0n) is 10.6. The molecular formula is C15H10ClNO2S. The van der Waals surface area contributed by atoms with E-state index in [2.05, 4.69) is 4.74 Å². The van der Waals surface area contributed by atoms with E-state index in [0.717, 1.165) is 15.3 Å². The molecule has 0 unspecified atom stereocenters. The summed E-state index contributed by atoms with van der Waals surface area (Å²) >= 11 is 7.59. The molecule has 20 heavy (non-hydrogen) atoms. The number of carbonyl (C=O) groups excluding carboxylic acids is 1. The molecule has 0 fully saturated rings. The fraction of sp³-hybridized carbons (Fsp3) is 0.0667. The molecule has 2 rings (SSSR count). The van der Waals surface area contributed by atoms with Crippen LogP contribution in [0.2, 0.25) is 5.02 Å². The highest BCUT2D eigenvalue weighted by Crippen LogP contribution is 2.33. The van der Waals surface area contributed by atoms with Crippen LogP contribution in [0.25, 0.3) is 16.5 Å². The van der Waals surface area contributed by atoms with Crippen LogP contribution < -0.4 is 0 Å². The third-order valence-electron chi connectivity index (χ3n) is 2.58. The molecule has 1 aromatic heterocycles. The molecule has 0 amide bonds. The van der Waals surface area contributed by atoms with Crippen molar-refractivity contribution in [2.24, 2.45) is 0 Å². The van der Waals surface area contributed by atoms with Crippen LogP contribution in [0.5, 0.6) is 0 Å². The highest BCUT2D eigenvalue weighted by molar-refractivity contribution is 7.16. The minimum absolute atomic E-state index is 0.0277. The summed E-state index contributed by atoms with van der Waals surface area (Å²) in [6, 6.07) is 13.1. The topological polar surface area (TPSA) is 50.1 Å². The number of nitrogens with zero attached hydrogens (tertiary/aromatic N) is 1. The normalized spacial score (nSPS) is 10.9. The lowest BCUT2D eigenvalue weighted by atomic mass is 10.2. The first-order chi connectivity index (χ1) is 9.65. The Morgan fingerprint density at radius 1 is 1.35 bits per heavy atom. The summed E-state index contributed by atoms with van der Waals surface area (Å²) in [6.07, 6.45) is 1.51. The van der Waals surface area contributed by atoms with Crippen LogP contribution in [0.15, 0.2) is 42.0 Å². The fourth-order valence-electron chi connectivity index (χ4n) is 1.63. The van der Waals surface area contributed by atoms with Gasteiger partial charge < -0.3 is 4.74 Å². The van der Waals surface area contributed by atoms with Crippen LogP contribution in [0.4, 0.5) is 0 Å². The number of carbonyl (C=O) groups is 1. The van der Waals surface area contributed by atoms with Crippen molar-refractivity contribution in [1.29, 1.82) is 5.26 Å². The molecule has 0 atom stereocenters. The number of ether oxygens (including phenoxy) is 1. The first-order valence-electron chi connectivity index (χ1n) is 5.70. The van der Waals surface area contributed by atoms with Crippen LogP contribution in [-0.4, -0.2) is 13.1 Å². The molecule has 5 heteroatoms. The molecule has 100 valence electrons. The van der Waals surface area contributed by atoms with E-state index in [0.29, 0.717) is 5.02 Å².